The maximum absolute atomic E-state index is 13.8. The van der Waals surface area contributed by atoms with Crippen LogP contribution in [-0.2, 0) is 0 Å². The zero-order valence-electron chi connectivity index (χ0n) is 10.7. The molecule has 0 aliphatic heterocycles. The monoisotopic (exact) mass is 331 g/mol. The van der Waals surface area contributed by atoms with Gasteiger partial charge in [0.25, 0.3) is 0 Å². The first-order valence-corrected chi connectivity index (χ1v) is 7.56. The summed E-state index contributed by atoms with van der Waals surface area (Å²) in [7, 11) is 0. The highest BCUT2D eigenvalue weighted by molar-refractivity contribution is 7.99. The number of nitrogens with zero attached hydrogens (tertiary/aromatic N) is 2. The molecule has 3 nitrogen and oxygen atoms in total. The highest BCUT2D eigenvalue weighted by atomic mass is 35.5. The van der Waals surface area contributed by atoms with Gasteiger partial charge in [-0.2, -0.15) is 0 Å². The van der Waals surface area contributed by atoms with Crippen LogP contribution in [0.25, 0.3) is 0 Å². The summed E-state index contributed by atoms with van der Waals surface area (Å²) in [5.74, 6) is -0.0954. The lowest BCUT2D eigenvalue weighted by molar-refractivity contribution is 0.580. The molecule has 0 atom stereocenters. The average molecular weight is 332 g/mol. The van der Waals surface area contributed by atoms with Gasteiger partial charge in [-0.25, -0.2) is 14.4 Å². The van der Waals surface area contributed by atoms with E-state index in [2.05, 4.69) is 15.3 Å². The molecular weight excluding hydrogens is 320 g/mol. The van der Waals surface area contributed by atoms with E-state index in [0.717, 1.165) is 30.9 Å². The number of anilines is 1. The fourth-order valence-electron chi connectivity index (χ4n) is 1.40. The van der Waals surface area contributed by atoms with Crippen LogP contribution in [0.4, 0.5) is 10.3 Å². The van der Waals surface area contributed by atoms with Crippen molar-refractivity contribution in [1.82, 2.24) is 9.97 Å². The fraction of sp³-hybridized carbons (Fsp3) is 0.231. The van der Waals surface area contributed by atoms with E-state index >= 15 is 0 Å². The predicted octanol–water partition coefficient (Wildman–Crippen LogP) is 4.90. The SMILES string of the molecule is CCCNc1ncc(F)c(Sc2cc(Cl)ccc2Cl)n1. The van der Waals surface area contributed by atoms with E-state index in [1.165, 1.54) is 0 Å². The first-order chi connectivity index (χ1) is 9.60. The minimum Gasteiger partial charge on any atom is -0.354 e. The molecule has 0 aliphatic rings. The van der Waals surface area contributed by atoms with E-state index in [0.29, 0.717) is 20.9 Å². The smallest absolute Gasteiger partial charge is 0.223 e. The Kier molecular flexibility index (Phi) is 5.46. The molecule has 20 heavy (non-hydrogen) atoms. The Morgan fingerprint density at radius 1 is 1.35 bits per heavy atom. The number of rotatable bonds is 5. The van der Waals surface area contributed by atoms with Crippen LogP contribution in [-0.4, -0.2) is 16.5 Å². The van der Waals surface area contributed by atoms with Crippen LogP contribution in [0.5, 0.6) is 0 Å². The molecule has 0 saturated carbocycles. The minimum atomic E-state index is -0.493. The maximum atomic E-state index is 13.8. The van der Waals surface area contributed by atoms with Gasteiger partial charge in [0.05, 0.1) is 11.2 Å². The normalized spacial score (nSPS) is 10.6. The van der Waals surface area contributed by atoms with Crippen LogP contribution in [0.3, 0.4) is 0 Å². The van der Waals surface area contributed by atoms with Crippen molar-refractivity contribution in [3.63, 3.8) is 0 Å². The van der Waals surface area contributed by atoms with E-state index in [4.69, 9.17) is 23.2 Å². The third-order valence-electron chi connectivity index (χ3n) is 2.34. The second-order valence-corrected chi connectivity index (χ2v) is 5.82. The van der Waals surface area contributed by atoms with Crippen LogP contribution in [0.2, 0.25) is 10.0 Å². The number of aromatic nitrogens is 2. The van der Waals surface area contributed by atoms with E-state index in [1.54, 1.807) is 18.2 Å². The largest absolute Gasteiger partial charge is 0.354 e. The zero-order valence-corrected chi connectivity index (χ0v) is 13.0. The van der Waals surface area contributed by atoms with Crippen molar-refractivity contribution in [3.8, 4) is 0 Å². The molecule has 0 unspecified atom stereocenters. The van der Waals surface area contributed by atoms with Gasteiger partial charge in [0, 0.05) is 16.5 Å². The van der Waals surface area contributed by atoms with Crippen molar-refractivity contribution < 1.29 is 4.39 Å². The average Bonchev–Trinajstić information content (AvgIpc) is 2.43. The molecule has 1 aromatic carbocycles. The molecule has 1 N–H and O–H groups in total. The van der Waals surface area contributed by atoms with Crippen molar-refractivity contribution in [2.45, 2.75) is 23.3 Å². The van der Waals surface area contributed by atoms with Crippen LogP contribution in [0.15, 0.2) is 34.3 Å². The molecule has 0 bridgehead atoms. The Morgan fingerprint density at radius 2 is 2.15 bits per heavy atom. The van der Waals surface area contributed by atoms with Crippen molar-refractivity contribution in [2.24, 2.45) is 0 Å². The molecule has 0 spiro atoms. The van der Waals surface area contributed by atoms with Gasteiger partial charge in [-0.05, 0) is 24.6 Å². The van der Waals surface area contributed by atoms with Gasteiger partial charge in [0.15, 0.2) is 5.82 Å². The van der Waals surface area contributed by atoms with Crippen LogP contribution >= 0.6 is 35.0 Å². The van der Waals surface area contributed by atoms with E-state index in [-0.39, 0.29) is 5.03 Å². The third-order valence-corrected chi connectivity index (χ3v) is 4.06. The highest BCUT2D eigenvalue weighted by Gasteiger charge is 2.11. The summed E-state index contributed by atoms with van der Waals surface area (Å²) >= 11 is 13.1. The Labute approximate surface area is 130 Å². The first kappa shape index (κ1) is 15.4. The second kappa shape index (κ2) is 7.11. The minimum absolute atomic E-state index is 0.211. The molecule has 106 valence electrons. The van der Waals surface area contributed by atoms with Gasteiger partial charge in [0.2, 0.25) is 5.95 Å². The second-order valence-electron chi connectivity index (χ2n) is 3.95. The Morgan fingerprint density at radius 3 is 2.90 bits per heavy atom. The van der Waals surface area contributed by atoms with Gasteiger partial charge in [-0.15, -0.1) is 0 Å². The lowest BCUT2D eigenvalue weighted by atomic mass is 10.4. The van der Waals surface area contributed by atoms with E-state index in [1.807, 2.05) is 6.92 Å². The molecule has 7 heteroatoms. The van der Waals surface area contributed by atoms with E-state index in [9.17, 15) is 4.39 Å². The summed E-state index contributed by atoms with van der Waals surface area (Å²) < 4.78 is 13.8. The van der Waals surface area contributed by atoms with E-state index < -0.39 is 5.82 Å². The van der Waals surface area contributed by atoms with Crippen LogP contribution in [0, 0.1) is 5.82 Å². The number of hydrogen-bond donors (Lipinski definition) is 1. The third kappa shape index (κ3) is 3.98. The number of hydrogen-bond acceptors (Lipinski definition) is 4. The van der Waals surface area contributed by atoms with Gasteiger partial charge < -0.3 is 5.32 Å². The molecule has 2 rings (SSSR count). The van der Waals surface area contributed by atoms with Crippen LogP contribution < -0.4 is 5.32 Å². The fourth-order valence-corrected chi connectivity index (χ4v) is 2.72. The molecule has 0 radical (unpaired) electrons. The van der Waals surface area contributed by atoms with Gasteiger partial charge in [0.1, 0.15) is 5.03 Å². The lowest BCUT2D eigenvalue weighted by Gasteiger charge is -2.07. The summed E-state index contributed by atoms with van der Waals surface area (Å²) in [6, 6.07) is 5.02. The number of benzene rings is 1. The van der Waals surface area contributed by atoms with Gasteiger partial charge >= 0.3 is 0 Å². The molecule has 0 fully saturated rings. The predicted molar refractivity (Wildman–Crippen MR) is 81.4 cm³/mol. The summed E-state index contributed by atoms with van der Waals surface area (Å²) in [4.78, 5) is 8.68. The van der Waals surface area contributed by atoms with Crippen molar-refractivity contribution in [2.75, 3.05) is 11.9 Å². The summed E-state index contributed by atoms with van der Waals surface area (Å²) in [5.41, 5.74) is 0. The molecule has 1 heterocycles. The lowest BCUT2D eigenvalue weighted by Crippen LogP contribution is -2.05. The number of halogens is 3. The Balaban J connectivity index is 2.25. The summed E-state index contributed by atoms with van der Waals surface area (Å²) in [6.45, 7) is 2.76. The number of nitrogens with one attached hydrogen (secondary N) is 1. The van der Waals surface area contributed by atoms with Crippen LogP contribution in [0.1, 0.15) is 13.3 Å². The van der Waals surface area contributed by atoms with Crippen molar-refractivity contribution in [3.05, 3.63) is 40.3 Å². The zero-order chi connectivity index (χ0) is 14.5. The van der Waals surface area contributed by atoms with Crippen molar-refractivity contribution in [1.29, 1.82) is 0 Å². The summed E-state index contributed by atoms with van der Waals surface area (Å²) in [5, 5.41) is 4.26. The quantitative estimate of drug-likeness (QED) is 0.791. The molecular formula is C13H12Cl2FN3S. The van der Waals surface area contributed by atoms with Gasteiger partial charge in [-0.3, -0.25) is 0 Å². The Bertz CT molecular complexity index is 610. The molecule has 1 aromatic heterocycles. The standard InChI is InChI=1S/C13H12Cl2FN3S/c1-2-5-17-13-18-7-10(16)12(19-13)20-11-6-8(14)3-4-9(11)15/h3-4,6-7H,2,5H2,1H3,(H,17,18,19). The molecule has 0 saturated heterocycles. The molecule has 0 aliphatic carbocycles. The topological polar surface area (TPSA) is 37.8 Å². The van der Waals surface area contributed by atoms with Crippen molar-refractivity contribution >= 4 is 40.9 Å². The molecule has 0 amide bonds. The molecule has 2 aromatic rings. The first-order valence-electron chi connectivity index (χ1n) is 5.99. The summed E-state index contributed by atoms with van der Waals surface area (Å²) in [6.07, 6.45) is 2.08. The van der Waals surface area contributed by atoms with Gasteiger partial charge in [-0.1, -0.05) is 41.9 Å². The maximum Gasteiger partial charge on any atom is 0.223 e. The Hall–Kier alpha value is -1.04. The highest BCUT2D eigenvalue weighted by Crippen LogP contribution is 2.35.